The Kier molecular flexibility index (Phi) is 2.72. The number of carbonyl (C=O) groups excluding carboxylic acids is 1. The van der Waals surface area contributed by atoms with Crippen molar-refractivity contribution in [3.8, 4) is 6.07 Å². The van der Waals surface area contributed by atoms with Gasteiger partial charge in [-0.15, -0.1) is 0 Å². The maximum Gasteiger partial charge on any atom is 0.225 e. The lowest BCUT2D eigenvalue weighted by Crippen LogP contribution is -2.44. The monoisotopic (exact) mass is 192 g/mol. The van der Waals surface area contributed by atoms with Crippen LogP contribution in [0.4, 0.5) is 0 Å². The predicted octanol–water partition coefficient (Wildman–Crippen LogP) is 1.55. The zero-order valence-corrected chi connectivity index (χ0v) is 8.41. The molecule has 2 fully saturated rings. The molecule has 2 rings (SSSR count). The zero-order valence-electron chi connectivity index (χ0n) is 8.41. The van der Waals surface area contributed by atoms with Gasteiger partial charge >= 0.3 is 0 Å². The quantitative estimate of drug-likeness (QED) is 0.632. The highest BCUT2D eigenvalue weighted by Gasteiger charge is 2.31. The summed E-state index contributed by atoms with van der Waals surface area (Å²) in [5, 5.41) is 8.81. The number of hydrogen-bond donors (Lipinski definition) is 0. The van der Waals surface area contributed by atoms with Gasteiger partial charge in [0.25, 0.3) is 0 Å². The van der Waals surface area contributed by atoms with Crippen molar-refractivity contribution in [1.29, 1.82) is 5.26 Å². The molecule has 76 valence electrons. The minimum absolute atomic E-state index is 0.0766. The molecule has 1 heterocycles. The van der Waals surface area contributed by atoms with Crippen LogP contribution in [0.15, 0.2) is 0 Å². The molecule has 1 aliphatic heterocycles. The standard InChI is InChI=1S/C11H16N2O/c12-7-9-3-2-6-13(8-9)11(14)10-4-1-5-10/h9-10H,1-6,8H2. The van der Waals surface area contributed by atoms with Gasteiger partial charge in [0.15, 0.2) is 0 Å². The average Bonchev–Trinajstić information content (AvgIpc) is 2.15. The number of carbonyl (C=O) groups is 1. The van der Waals surface area contributed by atoms with Crippen LogP contribution in [-0.4, -0.2) is 23.9 Å². The number of piperidine rings is 1. The van der Waals surface area contributed by atoms with Gasteiger partial charge in [-0.05, 0) is 25.7 Å². The lowest BCUT2D eigenvalue weighted by molar-refractivity contribution is -0.139. The van der Waals surface area contributed by atoms with Crippen molar-refractivity contribution < 1.29 is 4.79 Å². The Labute approximate surface area is 84.7 Å². The molecular weight excluding hydrogens is 176 g/mol. The maximum atomic E-state index is 11.9. The molecule has 1 atom stereocenters. The molecule has 0 spiro atoms. The van der Waals surface area contributed by atoms with E-state index < -0.39 is 0 Å². The first kappa shape index (κ1) is 9.51. The number of rotatable bonds is 1. The average molecular weight is 192 g/mol. The molecule has 3 nitrogen and oxygen atoms in total. The van der Waals surface area contributed by atoms with Crippen molar-refractivity contribution in [3.63, 3.8) is 0 Å². The highest BCUT2D eigenvalue weighted by molar-refractivity contribution is 5.79. The minimum atomic E-state index is 0.0766. The van der Waals surface area contributed by atoms with Crippen LogP contribution >= 0.6 is 0 Å². The number of likely N-dealkylation sites (tertiary alicyclic amines) is 1. The van der Waals surface area contributed by atoms with E-state index in [1.54, 1.807) is 0 Å². The molecule has 1 saturated heterocycles. The second kappa shape index (κ2) is 4.00. The van der Waals surface area contributed by atoms with Crippen molar-refractivity contribution in [2.45, 2.75) is 32.1 Å². The third-order valence-corrected chi connectivity index (χ3v) is 3.37. The first-order chi connectivity index (χ1) is 6.81. The Hall–Kier alpha value is -1.04. The lowest BCUT2D eigenvalue weighted by atomic mass is 9.83. The van der Waals surface area contributed by atoms with Gasteiger partial charge in [0, 0.05) is 19.0 Å². The highest BCUT2D eigenvalue weighted by atomic mass is 16.2. The first-order valence-corrected chi connectivity index (χ1v) is 5.49. The fourth-order valence-electron chi connectivity index (χ4n) is 2.20. The Balaban J connectivity index is 1.90. The van der Waals surface area contributed by atoms with E-state index in [1.165, 1.54) is 6.42 Å². The van der Waals surface area contributed by atoms with Crippen molar-refractivity contribution in [2.75, 3.05) is 13.1 Å². The topological polar surface area (TPSA) is 44.1 Å². The molecule has 3 heteroatoms. The van der Waals surface area contributed by atoms with Gasteiger partial charge in [0.05, 0.1) is 12.0 Å². The highest BCUT2D eigenvalue weighted by Crippen LogP contribution is 2.29. The second-order valence-electron chi connectivity index (χ2n) is 4.38. The molecule has 1 unspecified atom stereocenters. The maximum absolute atomic E-state index is 11.9. The van der Waals surface area contributed by atoms with Gasteiger partial charge in [-0.2, -0.15) is 5.26 Å². The molecule has 0 aromatic heterocycles. The van der Waals surface area contributed by atoms with Crippen LogP contribution in [0, 0.1) is 23.2 Å². The first-order valence-electron chi connectivity index (χ1n) is 5.49. The Morgan fingerprint density at radius 3 is 2.64 bits per heavy atom. The van der Waals surface area contributed by atoms with E-state index in [-0.39, 0.29) is 11.8 Å². The van der Waals surface area contributed by atoms with Gasteiger partial charge < -0.3 is 4.90 Å². The fraction of sp³-hybridized carbons (Fsp3) is 0.818. The predicted molar refractivity (Wildman–Crippen MR) is 52.3 cm³/mol. The second-order valence-corrected chi connectivity index (χ2v) is 4.38. The van der Waals surface area contributed by atoms with Crippen LogP contribution in [0.25, 0.3) is 0 Å². The third-order valence-electron chi connectivity index (χ3n) is 3.37. The smallest absolute Gasteiger partial charge is 0.225 e. The molecule has 1 saturated carbocycles. The van der Waals surface area contributed by atoms with Crippen molar-refractivity contribution in [3.05, 3.63) is 0 Å². The van der Waals surface area contributed by atoms with Gasteiger partial charge in [-0.1, -0.05) is 6.42 Å². The number of nitrogens with zero attached hydrogens (tertiary/aromatic N) is 2. The van der Waals surface area contributed by atoms with Gasteiger partial charge in [-0.25, -0.2) is 0 Å². The Bertz CT molecular complexity index is 265. The van der Waals surface area contributed by atoms with Gasteiger partial charge in [0.2, 0.25) is 5.91 Å². The summed E-state index contributed by atoms with van der Waals surface area (Å²) in [6.07, 6.45) is 5.28. The molecule has 0 N–H and O–H groups in total. The van der Waals surface area contributed by atoms with E-state index in [9.17, 15) is 4.79 Å². The summed E-state index contributed by atoms with van der Waals surface area (Å²) in [5.74, 6) is 0.663. The molecule has 2 aliphatic rings. The molecule has 0 aromatic carbocycles. The van der Waals surface area contributed by atoms with Crippen LogP contribution in [-0.2, 0) is 4.79 Å². The van der Waals surface area contributed by atoms with E-state index >= 15 is 0 Å². The van der Waals surface area contributed by atoms with E-state index in [0.717, 1.165) is 32.2 Å². The molecule has 0 bridgehead atoms. The largest absolute Gasteiger partial charge is 0.341 e. The molecule has 14 heavy (non-hydrogen) atoms. The van der Waals surface area contributed by atoms with Crippen LogP contribution < -0.4 is 0 Å². The van der Waals surface area contributed by atoms with Crippen LogP contribution in [0.1, 0.15) is 32.1 Å². The van der Waals surface area contributed by atoms with E-state index in [0.29, 0.717) is 12.5 Å². The number of hydrogen-bond acceptors (Lipinski definition) is 2. The fourth-order valence-corrected chi connectivity index (χ4v) is 2.20. The van der Waals surface area contributed by atoms with Crippen LogP contribution in [0.2, 0.25) is 0 Å². The summed E-state index contributed by atoms with van der Waals surface area (Å²) in [6.45, 7) is 1.54. The molecule has 0 aromatic rings. The van der Waals surface area contributed by atoms with Crippen molar-refractivity contribution in [2.24, 2.45) is 11.8 Å². The Morgan fingerprint density at radius 2 is 2.07 bits per heavy atom. The molecule has 1 amide bonds. The molecule has 0 radical (unpaired) electrons. The third kappa shape index (κ3) is 1.75. The molecule has 1 aliphatic carbocycles. The van der Waals surface area contributed by atoms with E-state index in [4.69, 9.17) is 5.26 Å². The van der Waals surface area contributed by atoms with Crippen LogP contribution in [0.5, 0.6) is 0 Å². The normalized spacial score (nSPS) is 27.9. The summed E-state index contributed by atoms with van der Waals surface area (Å²) in [4.78, 5) is 13.8. The summed E-state index contributed by atoms with van der Waals surface area (Å²) >= 11 is 0. The van der Waals surface area contributed by atoms with Crippen molar-refractivity contribution >= 4 is 5.91 Å². The van der Waals surface area contributed by atoms with Gasteiger partial charge in [-0.3, -0.25) is 4.79 Å². The van der Waals surface area contributed by atoms with Gasteiger partial charge in [0.1, 0.15) is 0 Å². The summed E-state index contributed by atoms with van der Waals surface area (Å²) in [6, 6.07) is 2.27. The number of nitriles is 1. The summed E-state index contributed by atoms with van der Waals surface area (Å²) in [7, 11) is 0. The SMILES string of the molecule is N#CC1CCCN(C(=O)C2CCC2)C1. The number of amides is 1. The Morgan fingerprint density at radius 1 is 1.29 bits per heavy atom. The van der Waals surface area contributed by atoms with Crippen molar-refractivity contribution in [1.82, 2.24) is 4.90 Å². The lowest BCUT2D eigenvalue weighted by Gasteiger charge is -2.35. The van der Waals surface area contributed by atoms with E-state index in [1.807, 2.05) is 4.90 Å². The molecular formula is C11H16N2O. The van der Waals surface area contributed by atoms with Crippen LogP contribution in [0.3, 0.4) is 0 Å². The van der Waals surface area contributed by atoms with E-state index in [2.05, 4.69) is 6.07 Å². The zero-order chi connectivity index (χ0) is 9.97. The summed E-state index contributed by atoms with van der Waals surface area (Å²) < 4.78 is 0. The minimum Gasteiger partial charge on any atom is -0.341 e. The summed E-state index contributed by atoms with van der Waals surface area (Å²) in [5.41, 5.74) is 0.